The van der Waals surface area contributed by atoms with E-state index in [-0.39, 0.29) is 12.2 Å². The third kappa shape index (κ3) is 4.11. The molecule has 0 N–H and O–H groups in total. The van der Waals surface area contributed by atoms with Gasteiger partial charge in [0.2, 0.25) is 0 Å². The topological polar surface area (TPSA) is 72.6 Å². The Balaban J connectivity index is 1.82. The fourth-order valence-electron chi connectivity index (χ4n) is 3.62. The average Bonchev–Trinajstić information content (AvgIpc) is 3.17. The molecule has 2 atom stereocenters. The third-order valence-corrected chi connectivity index (χ3v) is 4.89. The first kappa shape index (κ1) is 19.7. The van der Waals surface area contributed by atoms with Gasteiger partial charge in [-0.15, -0.1) is 0 Å². The Labute approximate surface area is 155 Å². The number of fused-ring (bicyclic) bond motifs is 1. The van der Waals surface area contributed by atoms with Gasteiger partial charge in [0, 0.05) is 25.1 Å². The van der Waals surface area contributed by atoms with Gasteiger partial charge in [0.25, 0.3) is 5.91 Å². The minimum absolute atomic E-state index is 0.0652. The Hall–Kier alpha value is -2.06. The van der Waals surface area contributed by atoms with Crippen LogP contribution in [0.25, 0.3) is 0 Å². The average molecular weight is 388 g/mol. The summed E-state index contributed by atoms with van der Waals surface area (Å²) in [6.45, 7) is 3.83. The number of hydrogen-bond donors (Lipinski definition) is 0. The van der Waals surface area contributed by atoms with Gasteiger partial charge in [-0.05, 0) is 40.0 Å². The molecule has 0 saturated carbocycles. The zero-order chi connectivity index (χ0) is 20.0. The number of carbonyl (C=O) groups excluding carboxylic acids is 2. The molecule has 150 valence electrons. The second-order valence-electron chi connectivity index (χ2n) is 8.14. The van der Waals surface area contributed by atoms with E-state index in [0.29, 0.717) is 24.2 Å². The second kappa shape index (κ2) is 6.83. The summed E-state index contributed by atoms with van der Waals surface area (Å²) in [5, 5.41) is 3.80. The number of amides is 1. The summed E-state index contributed by atoms with van der Waals surface area (Å²) < 4.78 is 50.8. The first-order valence-electron chi connectivity index (χ1n) is 9.03. The molecule has 27 heavy (non-hydrogen) atoms. The van der Waals surface area contributed by atoms with E-state index in [9.17, 15) is 22.8 Å². The molecule has 9 heteroatoms. The Morgan fingerprint density at radius 3 is 2.44 bits per heavy atom. The monoisotopic (exact) mass is 388 g/mol. The molecule has 0 radical (unpaired) electrons. The number of hydrogen-bond acceptors (Lipinski definition) is 5. The first-order chi connectivity index (χ1) is 12.5. The molecule has 2 aliphatic rings. The third-order valence-electron chi connectivity index (χ3n) is 4.89. The highest BCUT2D eigenvalue weighted by atomic mass is 19.4. The van der Waals surface area contributed by atoms with Crippen LogP contribution >= 0.6 is 0 Å². The van der Waals surface area contributed by atoms with Crippen LogP contribution in [0.15, 0.2) is 4.52 Å². The van der Waals surface area contributed by atoms with Crippen LogP contribution in [0.2, 0.25) is 0 Å². The molecule has 2 heterocycles. The largest absolute Gasteiger partial charge is 0.460 e. The van der Waals surface area contributed by atoms with E-state index in [1.54, 1.807) is 20.8 Å². The summed E-state index contributed by atoms with van der Waals surface area (Å²) >= 11 is 0. The van der Waals surface area contributed by atoms with Gasteiger partial charge >= 0.3 is 12.1 Å². The van der Waals surface area contributed by atoms with Crippen molar-refractivity contribution in [3.63, 3.8) is 0 Å². The highest BCUT2D eigenvalue weighted by Crippen LogP contribution is 2.39. The van der Waals surface area contributed by atoms with Crippen molar-refractivity contribution in [2.45, 2.75) is 58.2 Å². The lowest BCUT2D eigenvalue weighted by Gasteiger charge is -2.25. The van der Waals surface area contributed by atoms with E-state index in [0.717, 1.165) is 17.7 Å². The molecule has 1 saturated heterocycles. The smallest absolute Gasteiger partial charge is 0.394 e. The fourth-order valence-corrected chi connectivity index (χ4v) is 3.62. The maximum Gasteiger partial charge on any atom is 0.394 e. The summed E-state index contributed by atoms with van der Waals surface area (Å²) in [6, 6.07) is 0. The van der Waals surface area contributed by atoms with E-state index < -0.39 is 42.0 Å². The van der Waals surface area contributed by atoms with Gasteiger partial charge in [0.15, 0.2) is 5.69 Å². The Morgan fingerprint density at radius 2 is 1.81 bits per heavy atom. The van der Waals surface area contributed by atoms with Crippen molar-refractivity contribution in [2.75, 3.05) is 13.1 Å². The van der Waals surface area contributed by atoms with Crippen LogP contribution < -0.4 is 0 Å². The molecule has 0 bridgehead atoms. The van der Waals surface area contributed by atoms with Crippen molar-refractivity contribution in [1.29, 1.82) is 0 Å². The van der Waals surface area contributed by atoms with Crippen LogP contribution in [0, 0.1) is 11.8 Å². The zero-order valence-corrected chi connectivity index (χ0v) is 15.6. The van der Waals surface area contributed by atoms with Crippen LogP contribution in [-0.2, 0) is 22.4 Å². The number of halogens is 3. The predicted octanol–water partition coefficient (Wildman–Crippen LogP) is 3.15. The van der Waals surface area contributed by atoms with Crippen molar-refractivity contribution in [3.8, 4) is 0 Å². The zero-order valence-electron chi connectivity index (χ0n) is 15.6. The normalized spacial score (nSPS) is 23.3. The van der Waals surface area contributed by atoms with Crippen LogP contribution in [0.3, 0.4) is 0 Å². The number of esters is 1. The highest BCUT2D eigenvalue weighted by Gasteiger charge is 2.54. The summed E-state index contributed by atoms with van der Waals surface area (Å²) in [5.41, 5.74) is -0.165. The molecular weight excluding hydrogens is 365 g/mol. The van der Waals surface area contributed by atoms with Crippen molar-refractivity contribution in [1.82, 2.24) is 10.1 Å². The second-order valence-corrected chi connectivity index (χ2v) is 8.14. The van der Waals surface area contributed by atoms with Gasteiger partial charge in [0.05, 0.1) is 11.8 Å². The fraction of sp³-hybridized carbons (Fsp3) is 0.722. The van der Waals surface area contributed by atoms with Crippen molar-refractivity contribution < 1.29 is 32.0 Å². The minimum atomic E-state index is -4.61. The van der Waals surface area contributed by atoms with E-state index >= 15 is 0 Å². The maximum atomic E-state index is 13.5. The molecule has 0 aromatic carbocycles. The molecular formula is C18H23F3N2O4. The van der Waals surface area contributed by atoms with Crippen molar-refractivity contribution in [2.24, 2.45) is 11.8 Å². The molecule has 1 fully saturated rings. The first-order valence-corrected chi connectivity index (χ1v) is 9.03. The Morgan fingerprint density at radius 1 is 1.15 bits per heavy atom. The molecule has 0 spiro atoms. The molecule has 1 aliphatic carbocycles. The number of carbonyl (C=O) groups is 2. The standard InChI is InChI=1S/C18H23F3N2O4/c1-17(2,3)26-16(25)11-8-23(9-12(11)18(19,20)21)15(24)14-10-6-4-5-7-13(10)27-22-14/h11-12H,4-9H2,1-3H3/t11-,12-/m1/s1. The van der Waals surface area contributed by atoms with E-state index in [1.807, 2.05) is 0 Å². The van der Waals surface area contributed by atoms with Crippen molar-refractivity contribution in [3.05, 3.63) is 17.0 Å². The molecule has 1 amide bonds. The number of likely N-dealkylation sites (tertiary alicyclic amines) is 1. The number of rotatable bonds is 2. The van der Waals surface area contributed by atoms with Crippen LogP contribution in [0.4, 0.5) is 13.2 Å². The lowest BCUT2D eigenvalue weighted by molar-refractivity contribution is -0.194. The van der Waals surface area contributed by atoms with Gasteiger partial charge in [-0.1, -0.05) is 5.16 Å². The highest BCUT2D eigenvalue weighted by molar-refractivity contribution is 5.94. The summed E-state index contributed by atoms with van der Waals surface area (Å²) in [5.74, 6) is -4.35. The summed E-state index contributed by atoms with van der Waals surface area (Å²) in [4.78, 5) is 26.1. The maximum absolute atomic E-state index is 13.5. The Kier molecular flexibility index (Phi) is 4.98. The number of ether oxygens (including phenoxy) is 1. The van der Waals surface area contributed by atoms with Crippen LogP contribution in [-0.4, -0.2) is 46.8 Å². The molecule has 0 unspecified atom stereocenters. The molecule has 1 aromatic rings. The molecule has 1 aromatic heterocycles. The molecule has 6 nitrogen and oxygen atoms in total. The predicted molar refractivity (Wildman–Crippen MR) is 87.9 cm³/mol. The van der Waals surface area contributed by atoms with Gasteiger partial charge in [0.1, 0.15) is 11.4 Å². The van der Waals surface area contributed by atoms with Gasteiger partial charge in [-0.2, -0.15) is 13.2 Å². The van der Waals surface area contributed by atoms with Gasteiger partial charge < -0.3 is 14.2 Å². The number of aromatic nitrogens is 1. The quantitative estimate of drug-likeness (QED) is 0.728. The summed E-state index contributed by atoms with van der Waals surface area (Å²) in [6.07, 6.45) is -1.52. The number of nitrogens with zero attached hydrogens (tertiary/aromatic N) is 2. The minimum Gasteiger partial charge on any atom is -0.460 e. The van der Waals surface area contributed by atoms with E-state index in [4.69, 9.17) is 9.26 Å². The number of aryl methyl sites for hydroxylation is 1. The molecule has 1 aliphatic heterocycles. The van der Waals surface area contributed by atoms with Crippen LogP contribution in [0.5, 0.6) is 0 Å². The van der Waals surface area contributed by atoms with Gasteiger partial charge in [-0.3, -0.25) is 9.59 Å². The molecule has 3 rings (SSSR count). The SMILES string of the molecule is CC(C)(C)OC(=O)[C@@H]1CN(C(=O)c2noc3c2CCCC3)C[C@H]1C(F)(F)F. The van der Waals surface area contributed by atoms with Gasteiger partial charge in [-0.25, -0.2) is 0 Å². The van der Waals surface area contributed by atoms with Crippen LogP contribution in [0.1, 0.15) is 55.4 Å². The Bertz CT molecular complexity index is 736. The summed E-state index contributed by atoms with van der Waals surface area (Å²) in [7, 11) is 0. The lowest BCUT2D eigenvalue weighted by atomic mass is 9.95. The van der Waals surface area contributed by atoms with Crippen molar-refractivity contribution >= 4 is 11.9 Å². The van der Waals surface area contributed by atoms with E-state index in [2.05, 4.69) is 5.16 Å². The number of alkyl halides is 3. The van der Waals surface area contributed by atoms with E-state index in [1.165, 1.54) is 0 Å². The lowest BCUT2D eigenvalue weighted by Crippen LogP contribution is -2.37.